The van der Waals surface area contributed by atoms with E-state index in [1.165, 1.54) is 4.90 Å². The van der Waals surface area contributed by atoms with Crippen LogP contribution in [0.5, 0.6) is 0 Å². The Morgan fingerprint density at radius 1 is 1.33 bits per heavy atom. The molecule has 0 saturated carbocycles. The zero-order chi connectivity index (χ0) is 13.0. The number of amides is 2. The monoisotopic (exact) mass is 265 g/mol. The summed E-state index contributed by atoms with van der Waals surface area (Å²) >= 11 is 1.57. The van der Waals surface area contributed by atoms with Crippen molar-refractivity contribution in [3.05, 3.63) is 0 Å². The van der Waals surface area contributed by atoms with Crippen molar-refractivity contribution in [3.8, 4) is 11.8 Å². The number of carbonyl (C=O) groups is 2. The van der Waals surface area contributed by atoms with Crippen LogP contribution in [-0.2, 0) is 9.59 Å². The molecule has 2 atom stereocenters. The Bertz CT molecular complexity index is 396. The molecule has 18 heavy (non-hydrogen) atoms. The minimum atomic E-state index is -0.173. The van der Waals surface area contributed by atoms with Crippen molar-refractivity contribution in [3.63, 3.8) is 0 Å². The average Bonchev–Trinajstić information content (AvgIpc) is 2.56. The first kappa shape index (κ1) is 13.5. The first-order valence-electron chi connectivity index (χ1n) is 6.70. The van der Waals surface area contributed by atoms with E-state index in [0.717, 1.165) is 37.9 Å². The van der Waals surface area contributed by atoms with Crippen LogP contribution in [-0.4, -0.2) is 33.8 Å². The maximum absolute atomic E-state index is 12.2. The van der Waals surface area contributed by atoms with E-state index >= 15 is 0 Å². The highest BCUT2D eigenvalue weighted by molar-refractivity contribution is 8.00. The molecule has 0 bridgehead atoms. The van der Waals surface area contributed by atoms with Gasteiger partial charge >= 0.3 is 0 Å². The SMILES string of the molecule is CCSC1CC(=O)N(C2C#CCCCCC2)C1=O. The highest BCUT2D eigenvalue weighted by Gasteiger charge is 2.41. The second-order valence-electron chi connectivity index (χ2n) is 4.69. The van der Waals surface area contributed by atoms with E-state index in [2.05, 4.69) is 11.8 Å². The van der Waals surface area contributed by atoms with Crippen LogP contribution < -0.4 is 0 Å². The Morgan fingerprint density at radius 2 is 2.17 bits per heavy atom. The van der Waals surface area contributed by atoms with Crippen molar-refractivity contribution in [2.24, 2.45) is 0 Å². The third kappa shape index (κ3) is 2.89. The predicted octanol–water partition coefficient (Wildman–Crippen LogP) is 2.20. The first-order chi connectivity index (χ1) is 8.74. The van der Waals surface area contributed by atoms with Crippen molar-refractivity contribution in [1.82, 2.24) is 4.90 Å². The molecule has 2 amide bonds. The molecule has 98 valence electrons. The first-order valence-corrected chi connectivity index (χ1v) is 7.74. The Hall–Kier alpha value is -0.950. The number of carbonyl (C=O) groups excluding carboxylic acids is 2. The summed E-state index contributed by atoms with van der Waals surface area (Å²) in [5.74, 6) is 7.02. The van der Waals surface area contributed by atoms with E-state index in [-0.39, 0.29) is 23.1 Å². The number of likely N-dealkylation sites (tertiary alicyclic amines) is 1. The lowest BCUT2D eigenvalue weighted by atomic mass is 10.0. The van der Waals surface area contributed by atoms with Crippen LogP contribution in [0.15, 0.2) is 0 Å². The van der Waals surface area contributed by atoms with E-state index in [9.17, 15) is 9.59 Å². The second-order valence-corrected chi connectivity index (χ2v) is 6.17. The van der Waals surface area contributed by atoms with E-state index in [1.54, 1.807) is 11.8 Å². The van der Waals surface area contributed by atoms with Gasteiger partial charge in [-0.05, 0) is 18.6 Å². The molecule has 1 aliphatic carbocycles. The van der Waals surface area contributed by atoms with E-state index in [1.807, 2.05) is 6.92 Å². The van der Waals surface area contributed by atoms with Gasteiger partial charge in [-0.15, -0.1) is 17.7 Å². The van der Waals surface area contributed by atoms with Gasteiger partial charge in [0.25, 0.3) is 0 Å². The van der Waals surface area contributed by atoms with Gasteiger partial charge in [-0.2, -0.15) is 0 Å². The Morgan fingerprint density at radius 3 is 2.94 bits per heavy atom. The van der Waals surface area contributed by atoms with Crippen LogP contribution >= 0.6 is 11.8 Å². The summed E-state index contributed by atoms with van der Waals surface area (Å²) in [6, 6.07) is -0.173. The third-order valence-corrected chi connectivity index (χ3v) is 4.47. The molecular formula is C14H19NO2S. The fourth-order valence-electron chi connectivity index (χ4n) is 2.46. The molecule has 2 unspecified atom stereocenters. The lowest BCUT2D eigenvalue weighted by Gasteiger charge is -2.23. The smallest absolute Gasteiger partial charge is 0.243 e. The highest BCUT2D eigenvalue weighted by atomic mass is 32.2. The number of thioether (sulfide) groups is 1. The van der Waals surface area contributed by atoms with Crippen LogP contribution in [0.4, 0.5) is 0 Å². The number of nitrogens with zero attached hydrogens (tertiary/aromatic N) is 1. The van der Waals surface area contributed by atoms with Gasteiger partial charge in [-0.1, -0.05) is 25.7 Å². The molecule has 0 aromatic heterocycles. The summed E-state index contributed by atoms with van der Waals surface area (Å²) < 4.78 is 0. The second kappa shape index (κ2) is 6.29. The van der Waals surface area contributed by atoms with Crippen molar-refractivity contribution in [2.75, 3.05) is 5.75 Å². The summed E-state index contributed by atoms with van der Waals surface area (Å²) in [5, 5.41) is -0.172. The zero-order valence-electron chi connectivity index (χ0n) is 10.8. The van der Waals surface area contributed by atoms with Crippen LogP contribution in [0.3, 0.4) is 0 Å². The fraction of sp³-hybridized carbons (Fsp3) is 0.714. The number of hydrogen-bond acceptors (Lipinski definition) is 3. The highest BCUT2D eigenvalue weighted by Crippen LogP contribution is 2.28. The number of imide groups is 1. The molecule has 0 N–H and O–H groups in total. The Kier molecular flexibility index (Phi) is 4.71. The molecule has 1 fully saturated rings. The molecule has 1 heterocycles. The van der Waals surface area contributed by atoms with Crippen molar-refractivity contribution in [2.45, 2.75) is 56.7 Å². The molecule has 1 aliphatic heterocycles. The molecule has 1 saturated heterocycles. The van der Waals surface area contributed by atoms with Crippen LogP contribution in [0, 0.1) is 11.8 Å². The van der Waals surface area contributed by atoms with E-state index < -0.39 is 0 Å². The number of hydrogen-bond donors (Lipinski definition) is 0. The normalized spacial score (nSPS) is 28.6. The Labute approximate surface area is 113 Å². The molecule has 2 aliphatic rings. The third-order valence-electron chi connectivity index (χ3n) is 3.37. The standard InChI is InChI=1S/C14H19NO2S/c1-2-18-12-10-13(16)15(14(12)17)11-8-6-4-3-5-7-9-11/h11-12H,2-6,8,10H2,1H3. The van der Waals surface area contributed by atoms with Gasteiger partial charge in [-0.25, -0.2) is 0 Å². The lowest BCUT2D eigenvalue weighted by Crippen LogP contribution is -2.40. The van der Waals surface area contributed by atoms with Gasteiger partial charge in [0.05, 0.1) is 5.25 Å². The van der Waals surface area contributed by atoms with Gasteiger partial charge in [0.2, 0.25) is 11.8 Å². The maximum Gasteiger partial charge on any atom is 0.243 e. The predicted molar refractivity (Wildman–Crippen MR) is 73.0 cm³/mol. The summed E-state index contributed by atoms with van der Waals surface area (Å²) in [6.07, 6.45) is 5.43. The van der Waals surface area contributed by atoms with Crippen LogP contribution in [0.2, 0.25) is 0 Å². The molecule has 0 aromatic carbocycles. The van der Waals surface area contributed by atoms with Gasteiger partial charge in [0, 0.05) is 12.8 Å². The average molecular weight is 265 g/mol. The summed E-state index contributed by atoms with van der Waals surface area (Å²) in [6.45, 7) is 2.01. The molecule has 0 radical (unpaired) electrons. The summed E-state index contributed by atoms with van der Waals surface area (Å²) in [4.78, 5) is 25.6. The van der Waals surface area contributed by atoms with Crippen molar-refractivity contribution in [1.29, 1.82) is 0 Å². The molecular weight excluding hydrogens is 246 g/mol. The number of rotatable bonds is 3. The van der Waals surface area contributed by atoms with E-state index in [0.29, 0.717) is 6.42 Å². The van der Waals surface area contributed by atoms with Gasteiger partial charge in [-0.3, -0.25) is 14.5 Å². The van der Waals surface area contributed by atoms with Gasteiger partial charge in [0.1, 0.15) is 6.04 Å². The van der Waals surface area contributed by atoms with Crippen molar-refractivity contribution >= 4 is 23.6 Å². The maximum atomic E-state index is 12.2. The van der Waals surface area contributed by atoms with Gasteiger partial charge < -0.3 is 0 Å². The summed E-state index contributed by atoms with van der Waals surface area (Å²) in [7, 11) is 0. The molecule has 4 heteroatoms. The fourth-order valence-corrected chi connectivity index (χ4v) is 3.38. The quantitative estimate of drug-likeness (QED) is 0.580. The van der Waals surface area contributed by atoms with Crippen LogP contribution in [0.25, 0.3) is 0 Å². The van der Waals surface area contributed by atoms with Gasteiger partial charge in [0.15, 0.2) is 0 Å². The molecule has 2 rings (SSSR count). The molecule has 0 spiro atoms. The topological polar surface area (TPSA) is 37.4 Å². The largest absolute Gasteiger partial charge is 0.274 e. The molecule has 0 aromatic rings. The lowest BCUT2D eigenvalue weighted by molar-refractivity contribution is -0.139. The van der Waals surface area contributed by atoms with Crippen LogP contribution in [0.1, 0.15) is 45.4 Å². The zero-order valence-corrected chi connectivity index (χ0v) is 11.6. The molecule has 3 nitrogen and oxygen atoms in total. The Balaban J connectivity index is 2.11. The summed E-state index contributed by atoms with van der Waals surface area (Å²) in [5.41, 5.74) is 0. The minimum absolute atomic E-state index is 0.0216. The van der Waals surface area contributed by atoms with Crippen molar-refractivity contribution < 1.29 is 9.59 Å². The minimum Gasteiger partial charge on any atom is -0.274 e. The van der Waals surface area contributed by atoms with E-state index in [4.69, 9.17) is 0 Å².